The second-order valence-electron chi connectivity index (χ2n) is 4.13. The highest BCUT2D eigenvalue weighted by Crippen LogP contribution is 2.16. The first-order valence-corrected chi connectivity index (χ1v) is 7.49. The van der Waals surface area contributed by atoms with Crippen LogP contribution in [0, 0.1) is 5.82 Å². The maximum Gasteiger partial charge on any atom is 0.240 e. The van der Waals surface area contributed by atoms with Crippen LogP contribution in [0.2, 0.25) is 0 Å². The van der Waals surface area contributed by atoms with Crippen LogP contribution in [0.3, 0.4) is 0 Å². The molecule has 1 aromatic carbocycles. The summed E-state index contributed by atoms with van der Waals surface area (Å²) in [7, 11) is -2.05. The van der Waals surface area contributed by atoms with E-state index in [2.05, 4.69) is 4.72 Å². The average molecular weight is 290 g/mol. The molecule has 5 nitrogen and oxygen atoms in total. The van der Waals surface area contributed by atoms with E-state index in [1.807, 2.05) is 0 Å². The molecule has 0 aliphatic carbocycles. The summed E-state index contributed by atoms with van der Waals surface area (Å²) in [5, 5.41) is 0. The molecule has 0 aliphatic heterocycles. The molecule has 0 amide bonds. The van der Waals surface area contributed by atoms with Crippen LogP contribution in [0.15, 0.2) is 23.1 Å². The van der Waals surface area contributed by atoms with Gasteiger partial charge in [0.1, 0.15) is 5.82 Å². The average Bonchev–Trinajstić information content (AvgIpc) is 2.36. The number of nitrogens with two attached hydrogens (primary N) is 1. The third kappa shape index (κ3) is 5.14. The number of hydrogen-bond donors (Lipinski definition) is 2. The van der Waals surface area contributed by atoms with E-state index in [0.29, 0.717) is 19.6 Å². The molecule has 7 heteroatoms. The lowest BCUT2D eigenvalue weighted by Gasteiger charge is -2.07. The van der Waals surface area contributed by atoms with Gasteiger partial charge in [0.2, 0.25) is 10.0 Å². The Morgan fingerprint density at radius 1 is 1.32 bits per heavy atom. The van der Waals surface area contributed by atoms with E-state index < -0.39 is 15.8 Å². The fourth-order valence-corrected chi connectivity index (χ4v) is 2.60. The number of halogens is 1. The van der Waals surface area contributed by atoms with Crippen LogP contribution >= 0.6 is 0 Å². The summed E-state index contributed by atoms with van der Waals surface area (Å²) in [6, 6.07) is 3.44. The fourth-order valence-electron chi connectivity index (χ4n) is 1.51. The Morgan fingerprint density at radius 3 is 2.68 bits per heavy atom. The van der Waals surface area contributed by atoms with E-state index in [1.165, 1.54) is 12.1 Å². The van der Waals surface area contributed by atoms with Crippen LogP contribution in [0.1, 0.15) is 19.3 Å². The van der Waals surface area contributed by atoms with Gasteiger partial charge in [0.05, 0.1) is 10.6 Å². The summed E-state index contributed by atoms with van der Waals surface area (Å²) in [4.78, 5) is -0.115. The molecule has 0 bridgehead atoms. The smallest absolute Gasteiger partial charge is 0.240 e. The van der Waals surface area contributed by atoms with Crippen molar-refractivity contribution in [1.29, 1.82) is 0 Å². The number of ether oxygens (including phenoxy) is 1. The third-order valence-corrected chi connectivity index (χ3v) is 4.06. The maximum atomic E-state index is 13.2. The molecular weight excluding hydrogens is 271 g/mol. The minimum absolute atomic E-state index is 0.0708. The predicted octanol–water partition coefficient (Wildman–Crippen LogP) is 1.50. The quantitative estimate of drug-likeness (QED) is 0.561. The summed E-state index contributed by atoms with van der Waals surface area (Å²) in [6.45, 7) is 0.980. The number of unbranched alkanes of at least 4 members (excludes halogenated alkanes) is 2. The molecule has 0 aliphatic rings. The van der Waals surface area contributed by atoms with Crippen LogP contribution in [0.5, 0.6) is 0 Å². The normalized spacial score (nSPS) is 11.7. The van der Waals surface area contributed by atoms with Crippen molar-refractivity contribution in [1.82, 2.24) is 4.72 Å². The first kappa shape index (κ1) is 15.9. The Labute approximate surface area is 113 Å². The molecule has 0 unspecified atom stereocenters. The van der Waals surface area contributed by atoms with E-state index in [9.17, 15) is 12.8 Å². The molecule has 1 rings (SSSR count). The fraction of sp³-hybridized carbons (Fsp3) is 0.500. The molecule has 108 valence electrons. The lowest BCUT2D eigenvalue weighted by molar-refractivity contribution is 0.192. The van der Waals surface area contributed by atoms with E-state index in [0.717, 1.165) is 18.9 Å². The molecule has 0 radical (unpaired) electrons. The topological polar surface area (TPSA) is 81.4 Å². The first-order valence-electron chi connectivity index (χ1n) is 6.01. The molecule has 0 saturated carbocycles. The van der Waals surface area contributed by atoms with Gasteiger partial charge in [0.15, 0.2) is 0 Å². The molecule has 1 aromatic rings. The molecule has 3 N–H and O–H groups in total. The number of nitrogens with one attached hydrogen (secondary N) is 1. The molecule has 19 heavy (non-hydrogen) atoms. The largest absolute Gasteiger partial charge is 0.396 e. The number of nitrogen functional groups attached to an aromatic ring is 1. The van der Waals surface area contributed by atoms with Gasteiger partial charge in [-0.05, 0) is 37.5 Å². The minimum Gasteiger partial charge on any atom is -0.396 e. The summed E-state index contributed by atoms with van der Waals surface area (Å²) in [5.41, 5.74) is 5.23. The van der Waals surface area contributed by atoms with Crippen molar-refractivity contribution >= 4 is 15.7 Å². The number of rotatable bonds is 8. The zero-order chi connectivity index (χ0) is 14.3. The molecule has 0 heterocycles. The lowest BCUT2D eigenvalue weighted by atomic mass is 10.2. The number of sulfonamides is 1. The highest BCUT2D eigenvalue weighted by molar-refractivity contribution is 7.89. The van der Waals surface area contributed by atoms with Crippen LogP contribution in [0.25, 0.3) is 0 Å². The van der Waals surface area contributed by atoms with Crippen molar-refractivity contribution in [3.05, 3.63) is 24.0 Å². The third-order valence-electron chi connectivity index (χ3n) is 2.60. The first-order chi connectivity index (χ1) is 8.97. The van der Waals surface area contributed by atoms with Crippen LogP contribution < -0.4 is 10.5 Å². The van der Waals surface area contributed by atoms with Gasteiger partial charge in [-0.1, -0.05) is 0 Å². The van der Waals surface area contributed by atoms with Crippen LogP contribution in [-0.4, -0.2) is 28.7 Å². The summed E-state index contributed by atoms with van der Waals surface area (Å²) in [5.74, 6) is -0.733. The van der Waals surface area contributed by atoms with Crippen molar-refractivity contribution in [2.45, 2.75) is 24.2 Å². The van der Waals surface area contributed by atoms with Crippen molar-refractivity contribution in [2.75, 3.05) is 26.0 Å². The molecule has 0 saturated heterocycles. The van der Waals surface area contributed by atoms with Crippen molar-refractivity contribution in [3.63, 3.8) is 0 Å². The van der Waals surface area contributed by atoms with Gasteiger partial charge in [0, 0.05) is 20.3 Å². The Kier molecular flexibility index (Phi) is 6.20. The van der Waals surface area contributed by atoms with Crippen molar-refractivity contribution in [3.8, 4) is 0 Å². The van der Waals surface area contributed by atoms with Gasteiger partial charge in [-0.3, -0.25) is 0 Å². The van der Waals surface area contributed by atoms with E-state index >= 15 is 0 Å². The second kappa shape index (κ2) is 7.42. The van der Waals surface area contributed by atoms with Crippen molar-refractivity contribution in [2.24, 2.45) is 0 Å². The SMILES string of the molecule is COCCCCCNS(=O)(=O)c1ccc(N)c(F)c1. The summed E-state index contributed by atoms with van der Waals surface area (Å²) in [6.07, 6.45) is 2.46. The van der Waals surface area contributed by atoms with Gasteiger partial charge >= 0.3 is 0 Å². The van der Waals surface area contributed by atoms with Gasteiger partial charge in [-0.2, -0.15) is 0 Å². The summed E-state index contributed by atoms with van der Waals surface area (Å²) >= 11 is 0. The van der Waals surface area contributed by atoms with Gasteiger partial charge in [0.25, 0.3) is 0 Å². The van der Waals surface area contributed by atoms with Gasteiger partial charge < -0.3 is 10.5 Å². The highest BCUT2D eigenvalue weighted by Gasteiger charge is 2.14. The van der Waals surface area contributed by atoms with Crippen molar-refractivity contribution < 1.29 is 17.5 Å². The number of methoxy groups -OCH3 is 1. The molecule has 0 atom stereocenters. The Bertz CT molecular complexity index is 506. The monoisotopic (exact) mass is 290 g/mol. The maximum absolute atomic E-state index is 13.2. The Hall–Kier alpha value is -1.18. The van der Waals surface area contributed by atoms with Crippen LogP contribution in [0.4, 0.5) is 10.1 Å². The Balaban J connectivity index is 2.49. The standard InChI is InChI=1S/C12H19FN2O3S/c1-18-8-4-2-3-7-15-19(16,17)10-5-6-12(14)11(13)9-10/h5-6,9,15H,2-4,7-8,14H2,1H3. The van der Waals surface area contributed by atoms with Crippen LogP contribution in [-0.2, 0) is 14.8 Å². The number of benzene rings is 1. The Morgan fingerprint density at radius 2 is 2.05 bits per heavy atom. The number of anilines is 1. The predicted molar refractivity (Wildman–Crippen MR) is 71.7 cm³/mol. The molecular formula is C12H19FN2O3S. The number of hydrogen-bond acceptors (Lipinski definition) is 4. The van der Waals surface area contributed by atoms with Gasteiger partial charge in [-0.25, -0.2) is 17.5 Å². The molecule has 0 fully saturated rings. The molecule has 0 spiro atoms. The zero-order valence-electron chi connectivity index (χ0n) is 10.9. The second-order valence-corrected chi connectivity index (χ2v) is 5.90. The lowest BCUT2D eigenvalue weighted by Crippen LogP contribution is -2.25. The minimum atomic E-state index is -3.67. The molecule has 0 aromatic heterocycles. The van der Waals surface area contributed by atoms with Gasteiger partial charge in [-0.15, -0.1) is 0 Å². The van der Waals surface area contributed by atoms with E-state index in [-0.39, 0.29) is 10.6 Å². The van der Waals surface area contributed by atoms with E-state index in [1.54, 1.807) is 7.11 Å². The summed E-state index contributed by atoms with van der Waals surface area (Å²) < 4.78 is 44.2. The van der Waals surface area contributed by atoms with E-state index in [4.69, 9.17) is 10.5 Å². The zero-order valence-corrected chi connectivity index (χ0v) is 11.7. The highest BCUT2D eigenvalue weighted by atomic mass is 32.2.